The average Bonchev–Trinajstić information content (AvgIpc) is 2.71. The van der Waals surface area contributed by atoms with E-state index < -0.39 is 12.1 Å². The normalized spacial score (nSPS) is 21.2. The molecule has 1 saturated heterocycles. The summed E-state index contributed by atoms with van der Waals surface area (Å²) >= 11 is 3.18. The Kier molecular flexibility index (Phi) is 4.08. The minimum absolute atomic E-state index is 0.0403. The van der Waals surface area contributed by atoms with E-state index in [4.69, 9.17) is 0 Å². The molecule has 0 aliphatic carbocycles. The standard InChI is InChI=1S/C11H16BrF3N4/c1-7(2)19-10(16-9(12)17-19)18-5-3-4-8(6-18)11(13,14)15/h7-8H,3-6H2,1-2H3. The summed E-state index contributed by atoms with van der Waals surface area (Å²) in [5.41, 5.74) is 0. The maximum absolute atomic E-state index is 12.8. The molecule has 108 valence electrons. The number of hydrogen-bond acceptors (Lipinski definition) is 3. The van der Waals surface area contributed by atoms with Gasteiger partial charge >= 0.3 is 6.18 Å². The molecule has 1 unspecified atom stereocenters. The molecule has 1 atom stereocenters. The zero-order valence-corrected chi connectivity index (χ0v) is 12.4. The molecule has 0 N–H and O–H groups in total. The van der Waals surface area contributed by atoms with E-state index in [1.54, 1.807) is 9.58 Å². The summed E-state index contributed by atoms with van der Waals surface area (Å²) in [4.78, 5) is 5.88. The van der Waals surface area contributed by atoms with Crippen LogP contribution in [-0.2, 0) is 0 Å². The van der Waals surface area contributed by atoms with Crippen molar-refractivity contribution in [2.45, 2.75) is 38.9 Å². The topological polar surface area (TPSA) is 34.0 Å². The van der Waals surface area contributed by atoms with Crippen molar-refractivity contribution >= 4 is 21.9 Å². The molecule has 1 aromatic heterocycles. The van der Waals surface area contributed by atoms with Crippen LogP contribution in [0.5, 0.6) is 0 Å². The minimum Gasteiger partial charge on any atom is -0.340 e. The summed E-state index contributed by atoms with van der Waals surface area (Å²) in [7, 11) is 0. The van der Waals surface area contributed by atoms with Gasteiger partial charge in [0, 0.05) is 13.1 Å². The second-order valence-corrected chi connectivity index (χ2v) is 5.76. The summed E-state index contributed by atoms with van der Waals surface area (Å²) in [5.74, 6) is -0.770. The van der Waals surface area contributed by atoms with Crippen LogP contribution in [0.25, 0.3) is 0 Å². The fraction of sp³-hybridized carbons (Fsp3) is 0.818. The van der Waals surface area contributed by atoms with Crippen molar-refractivity contribution in [3.8, 4) is 0 Å². The van der Waals surface area contributed by atoms with Gasteiger partial charge in [-0.3, -0.25) is 0 Å². The first-order valence-corrected chi connectivity index (χ1v) is 7.02. The van der Waals surface area contributed by atoms with Crippen molar-refractivity contribution in [1.82, 2.24) is 14.8 Å². The maximum Gasteiger partial charge on any atom is 0.393 e. The van der Waals surface area contributed by atoms with Gasteiger partial charge in [0.2, 0.25) is 10.7 Å². The van der Waals surface area contributed by atoms with E-state index in [0.29, 0.717) is 23.6 Å². The Balaban J connectivity index is 2.22. The van der Waals surface area contributed by atoms with Crippen LogP contribution < -0.4 is 4.90 Å². The number of piperidine rings is 1. The number of hydrogen-bond donors (Lipinski definition) is 0. The molecular weight excluding hydrogens is 325 g/mol. The van der Waals surface area contributed by atoms with Crippen molar-refractivity contribution in [2.24, 2.45) is 5.92 Å². The molecule has 1 aliphatic rings. The molecule has 0 bridgehead atoms. The summed E-state index contributed by atoms with van der Waals surface area (Å²) < 4.78 is 40.5. The van der Waals surface area contributed by atoms with Crippen molar-refractivity contribution < 1.29 is 13.2 Å². The van der Waals surface area contributed by atoms with E-state index in [0.717, 1.165) is 0 Å². The Labute approximate surface area is 118 Å². The van der Waals surface area contributed by atoms with E-state index in [9.17, 15) is 13.2 Å². The third-order valence-corrected chi connectivity index (χ3v) is 3.58. The van der Waals surface area contributed by atoms with Crippen molar-refractivity contribution in [3.05, 3.63) is 4.73 Å². The molecule has 0 amide bonds. The zero-order chi connectivity index (χ0) is 14.2. The van der Waals surface area contributed by atoms with Crippen molar-refractivity contribution in [2.75, 3.05) is 18.0 Å². The molecule has 0 aromatic carbocycles. The van der Waals surface area contributed by atoms with Gasteiger partial charge in [-0.1, -0.05) is 0 Å². The van der Waals surface area contributed by atoms with Crippen LogP contribution in [0.1, 0.15) is 32.7 Å². The van der Waals surface area contributed by atoms with E-state index in [-0.39, 0.29) is 19.0 Å². The number of nitrogens with zero attached hydrogens (tertiary/aromatic N) is 4. The first-order valence-electron chi connectivity index (χ1n) is 6.22. The SMILES string of the molecule is CC(C)n1nc(Br)nc1N1CCCC(C(F)(F)F)C1. The lowest BCUT2D eigenvalue weighted by Gasteiger charge is -2.34. The highest BCUT2D eigenvalue weighted by Crippen LogP contribution is 2.35. The van der Waals surface area contributed by atoms with Gasteiger partial charge in [0.05, 0.1) is 12.0 Å². The van der Waals surface area contributed by atoms with Gasteiger partial charge in [0.1, 0.15) is 0 Å². The second kappa shape index (κ2) is 5.30. The Morgan fingerprint density at radius 3 is 2.63 bits per heavy atom. The summed E-state index contributed by atoms with van der Waals surface area (Å²) in [5, 5.41) is 4.17. The van der Waals surface area contributed by atoms with Crippen molar-refractivity contribution in [1.29, 1.82) is 0 Å². The summed E-state index contributed by atoms with van der Waals surface area (Å²) in [6.45, 7) is 4.40. The van der Waals surface area contributed by atoms with Crippen LogP contribution in [0.15, 0.2) is 4.73 Å². The van der Waals surface area contributed by atoms with Crippen LogP contribution in [0.3, 0.4) is 0 Å². The summed E-state index contributed by atoms with van der Waals surface area (Å²) in [6.07, 6.45) is -3.43. The zero-order valence-electron chi connectivity index (χ0n) is 10.8. The molecule has 19 heavy (non-hydrogen) atoms. The molecule has 8 heteroatoms. The highest BCUT2D eigenvalue weighted by Gasteiger charge is 2.42. The molecular formula is C11H16BrF3N4. The second-order valence-electron chi connectivity index (χ2n) is 5.05. The van der Waals surface area contributed by atoms with Crippen LogP contribution in [-0.4, -0.2) is 34.0 Å². The Morgan fingerprint density at radius 1 is 1.37 bits per heavy atom. The van der Waals surface area contributed by atoms with Gasteiger partial charge in [-0.05, 0) is 42.6 Å². The minimum atomic E-state index is -4.14. The fourth-order valence-corrected chi connectivity index (χ4v) is 2.61. The molecule has 1 aromatic rings. The molecule has 1 fully saturated rings. The number of rotatable bonds is 2. The van der Waals surface area contributed by atoms with Crippen LogP contribution in [0, 0.1) is 5.92 Å². The van der Waals surface area contributed by atoms with Gasteiger partial charge in [-0.15, -0.1) is 5.10 Å². The number of halogens is 4. The predicted molar refractivity (Wildman–Crippen MR) is 69.1 cm³/mol. The maximum atomic E-state index is 12.8. The van der Waals surface area contributed by atoms with E-state index >= 15 is 0 Å². The molecule has 1 aliphatic heterocycles. The Bertz CT molecular complexity index is 444. The van der Waals surface area contributed by atoms with Gasteiger partial charge < -0.3 is 4.90 Å². The lowest BCUT2D eigenvalue weighted by Crippen LogP contribution is -2.43. The predicted octanol–water partition coefficient (Wildman–Crippen LogP) is 3.40. The van der Waals surface area contributed by atoms with Crippen LogP contribution >= 0.6 is 15.9 Å². The highest BCUT2D eigenvalue weighted by molar-refractivity contribution is 9.10. The smallest absolute Gasteiger partial charge is 0.340 e. The Morgan fingerprint density at radius 2 is 2.05 bits per heavy atom. The quantitative estimate of drug-likeness (QED) is 0.827. The Hall–Kier alpha value is -0.790. The molecule has 2 heterocycles. The molecule has 0 saturated carbocycles. The average molecular weight is 341 g/mol. The van der Waals surface area contributed by atoms with Gasteiger partial charge in [-0.2, -0.15) is 18.2 Å². The molecule has 0 radical (unpaired) electrons. The van der Waals surface area contributed by atoms with E-state index in [1.807, 2.05) is 13.8 Å². The fourth-order valence-electron chi connectivity index (χ4n) is 2.28. The van der Waals surface area contributed by atoms with Crippen LogP contribution in [0.4, 0.5) is 19.1 Å². The molecule has 4 nitrogen and oxygen atoms in total. The van der Waals surface area contributed by atoms with Crippen LogP contribution in [0.2, 0.25) is 0 Å². The van der Waals surface area contributed by atoms with Gasteiger partial charge in [0.25, 0.3) is 0 Å². The first kappa shape index (κ1) is 14.6. The first-order chi connectivity index (χ1) is 8.79. The van der Waals surface area contributed by atoms with E-state index in [2.05, 4.69) is 26.0 Å². The number of alkyl halides is 3. The van der Waals surface area contributed by atoms with E-state index in [1.165, 1.54) is 0 Å². The molecule has 0 spiro atoms. The third kappa shape index (κ3) is 3.21. The monoisotopic (exact) mass is 340 g/mol. The number of aromatic nitrogens is 3. The van der Waals surface area contributed by atoms with Gasteiger partial charge in [-0.25, -0.2) is 4.68 Å². The largest absolute Gasteiger partial charge is 0.393 e. The third-order valence-electron chi connectivity index (χ3n) is 3.24. The lowest BCUT2D eigenvalue weighted by molar-refractivity contribution is -0.176. The summed E-state index contributed by atoms with van der Waals surface area (Å²) in [6, 6.07) is 0.0556. The molecule has 2 rings (SSSR count). The number of anilines is 1. The van der Waals surface area contributed by atoms with Crippen molar-refractivity contribution in [3.63, 3.8) is 0 Å². The van der Waals surface area contributed by atoms with Gasteiger partial charge in [0.15, 0.2) is 0 Å². The highest BCUT2D eigenvalue weighted by atomic mass is 79.9. The lowest BCUT2D eigenvalue weighted by atomic mass is 9.98.